The number of hydrogen-bond acceptors (Lipinski definition) is 2. The number of anilines is 2. The maximum absolute atomic E-state index is 11.8. The number of alkyl halides is 3. The Balaban J connectivity index is 2.70. The lowest BCUT2D eigenvalue weighted by molar-refractivity contribution is -0.144. The molecule has 0 heterocycles. The summed E-state index contributed by atoms with van der Waals surface area (Å²) in [4.78, 5) is 10.9. The Morgan fingerprint density at radius 1 is 1.38 bits per heavy atom. The number of nitrogen functional groups attached to an aromatic ring is 1. The van der Waals surface area contributed by atoms with Gasteiger partial charge in [-0.2, -0.15) is 13.2 Å². The van der Waals surface area contributed by atoms with Crippen LogP contribution in [0.2, 0.25) is 0 Å². The molecule has 0 saturated carbocycles. The molecule has 0 aliphatic rings. The molecule has 0 aliphatic carbocycles. The van der Waals surface area contributed by atoms with E-state index >= 15 is 0 Å². The van der Waals surface area contributed by atoms with Crippen molar-refractivity contribution in [3.63, 3.8) is 0 Å². The van der Waals surface area contributed by atoms with E-state index in [4.69, 9.17) is 5.73 Å². The van der Waals surface area contributed by atoms with E-state index in [-0.39, 0.29) is 11.4 Å². The Labute approximate surface area is 89.6 Å². The fourth-order valence-electron chi connectivity index (χ4n) is 1.08. The van der Waals surface area contributed by atoms with Gasteiger partial charge in [-0.3, -0.25) is 0 Å². The molecule has 1 aromatic carbocycles. The molecule has 88 valence electrons. The first-order chi connectivity index (χ1) is 7.28. The minimum absolute atomic E-state index is 0.132. The van der Waals surface area contributed by atoms with Gasteiger partial charge in [0.25, 0.3) is 0 Å². The van der Waals surface area contributed by atoms with Crippen LogP contribution in [0.15, 0.2) is 18.2 Å². The lowest BCUT2D eigenvalue weighted by atomic mass is 10.2. The van der Waals surface area contributed by atoms with E-state index in [1.54, 1.807) is 19.1 Å². The van der Waals surface area contributed by atoms with Crippen LogP contribution in [0, 0.1) is 6.92 Å². The molecule has 4 nitrogen and oxygen atoms in total. The predicted molar refractivity (Wildman–Crippen MR) is 53.8 cm³/mol. The Kier molecular flexibility index (Phi) is 3.26. The second kappa shape index (κ2) is 4.30. The third-order valence-corrected chi connectivity index (χ3v) is 1.71. The number of carbonyl (C=O) groups is 1. The van der Waals surface area contributed by atoms with Crippen molar-refractivity contribution in [2.24, 2.45) is 0 Å². The van der Waals surface area contributed by atoms with Crippen LogP contribution in [0.3, 0.4) is 0 Å². The summed E-state index contributed by atoms with van der Waals surface area (Å²) in [5.74, 6) is 0. The number of amides is 2. The van der Waals surface area contributed by atoms with Gasteiger partial charge in [0.05, 0.1) is 11.4 Å². The van der Waals surface area contributed by atoms with Crippen molar-refractivity contribution < 1.29 is 18.0 Å². The normalized spacial score (nSPS) is 11.0. The summed E-state index contributed by atoms with van der Waals surface area (Å²) in [6.07, 6.45) is -4.76. The van der Waals surface area contributed by atoms with Crippen LogP contribution in [0.4, 0.5) is 29.3 Å². The fourth-order valence-corrected chi connectivity index (χ4v) is 1.08. The smallest absolute Gasteiger partial charge is 0.397 e. The molecule has 0 atom stereocenters. The summed E-state index contributed by atoms with van der Waals surface area (Å²) >= 11 is 0. The number of aryl methyl sites for hydroxylation is 1. The summed E-state index contributed by atoms with van der Waals surface area (Å²) in [5.41, 5.74) is 6.69. The van der Waals surface area contributed by atoms with Gasteiger partial charge >= 0.3 is 12.3 Å². The molecule has 1 aromatic rings. The summed E-state index contributed by atoms with van der Waals surface area (Å²) < 4.78 is 35.3. The molecule has 0 bridgehead atoms. The van der Waals surface area contributed by atoms with Crippen LogP contribution in [0.1, 0.15) is 5.56 Å². The molecule has 0 aromatic heterocycles. The van der Waals surface area contributed by atoms with Gasteiger partial charge in [0.1, 0.15) is 0 Å². The molecule has 1 rings (SSSR count). The molecule has 7 heteroatoms. The van der Waals surface area contributed by atoms with Gasteiger partial charge in [0, 0.05) is 0 Å². The Morgan fingerprint density at radius 2 is 2.00 bits per heavy atom. The van der Waals surface area contributed by atoms with Crippen LogP contribution in [0.25, 0.3) is 0 Å². The first-order valence-corrected chi connectivity index (χ1v) is 4.30. The van der Waals surface area contributed by atoms with Crippen molar-refractivity contribution in [3.05, 3.63) is 23.8 Å². The van der Waals surface area contributed by atoms with Crippen molar-refractivity contribution >= 4 is 17.4 Å². The van der Waals surface area contributed by atoms with E-state index in [0.29, 0.717) is 0 Å². The molecular formula is C9H10F3N3O. The number of benzene rings is 1. The van der Waals surface area contributed by atoms with Crippen molar-refractivity contribution in [3.8, 4) is 0 Å². The highest BCUT2D eigenvalue weighted by Gasteiger charge is 2.30. The zero-order valence-electron chi connectivity index (χ0n) is 8.35. The summed E-state index contributed by atoms with van der Waals surface area (Å²) in [6.45, 7) is 1.77. The highest BCUT2D eigenvalue weighted by molar-refractivity contribution is 5.92. The molecule has 0 radical (unpaired) electrons. The zero-order chi connectivity index (χ0) is 12.3. The standard InChI is InChI=1S/C9H10F3N3O/c1-5-2-3-7(6(13)4-5)14-8(16)15-9(10,11)12/h2-4H,13H2,1H3,(H2,14,15,16). The molecule has 0 saturated heterocycles. The number of rotatable bonds is 1. The minimum Gasteiger partial charge on any atom is -0.397 e. The van der Waals surface area contributed by atoms with Crippen molar-refractivity contribution in [2.45, 2.75) is 13.2 Å². The van der Waals surface area contributed by atoms with E-state index in [1.165, 1.54) is 6.07 Å². The summed E-state index contributed by atoms with van der Waals surface area (Å²) in [5, 5.41) is 2.80. The first-order valence-electron chi connectivity index (χ1n) is 4.30. The molecule has 0 unspecified atom stereocenters. The zero-order valence-corrected chi connectivity index (χ0v) is 8.35. The van der Waals surface area contributed by atoms with E-state index in [2.05, 4.69) is 0 Å². The second-order valence-corrected chi connectivity index (χ2v) is 3.17. The second-order valence-electron chi connectivity index (χ2n) is 3.17. The minimum atomic E-state index is -4.76. The average molecular weight is 233 g/mol. The van der Waals surface area contributed by atoms with Crippen LogP contribution < -0.4 is 16.4 Å². The highest BCUT2D eigenvalue weighted by atomic mass is 19.4. The number of hydrogen-bond donors (Lipinski definition) is 3. The number of halogens is 3. The van der Waals surface area contributed by atoms with Crippen molar-refractivity contribution in [2.75, 3.05) is 11.1 Å². The van der Waals surface area contributed by atoms with Gasteiger partial charge in [-0.25, -0.2) is 10.1 Å². The topological polar surface area (TPSA) is 67.2 Å². The SMILES string of the molecule is Cc1ccc(NC(=O)NC(F)(F)F)c(N)c1. The summed E-state index contributed by atoms with van der Waals surface area (Å²) in [7, 11) is 0. The van der Waals surface area contributed by atoms with Gasteiger partial charge in [-0.15, -0.1) is 0 Å². The molecule has 0 aliphatic heterocycles. The van der Waals surface area contributed by atoms with Crippen LogP contribution >= 0.6 is 0 Å². The predicted octanol–water partition coefficient (Wildman–Crippen LogP) is 2.22. The Morgan fingerprint density at radius 3 is 2.50 bits per heavy atom. The maximum atomic E-state index is 11.8. The van der Waals surface area contributed by atoms with Crippen molar-refractivity contribution in [1.82, 2.24) is 5.32 Å². The first kappa shape index (κ1) is 12.2. The molecule has 2 amide bonds. The number of nitrogens with two attached hydrogens (primary N) is 1. The van der Waals surface area contributed by atoms with E-state index in [0.717, 1.165) is 10.9 Å². The molecule has 0 fully saturated rings. The monoisotopic (exact) mass is 233 g/mol. The lowest BCUT2D eigenvalue weighted by Crippen LogP contribution is -2.40. The Bertz CT molecular complexity index is 403. The Hall–Kier alpha value is -1.92. The summed E-state index contributed by atoms with van der Waals surface area (Å²) in [6, 6.07) is 3.23. The van der Waals surface area contributed by atoms with Gasteiger partial charge in [0.2, 0.25) is 0 Å². The van der Waals surface area contributed by atoms with E-state index in [9.17, 15) is 18.0 Å². The van der Waals surface area contributed by atoms with Crippen molar-refractivity contribution in [1.29, 1.82) is 0 Å². The fraction of sp³-hybridized carbons (Fsp3) is 0.222. The van der Waals surface area contributed by atoms with Gasteiger partial charge in [-0.1, -0.05) is 6.07 Å². The molecule has 0 spiro atoms. The average Bonchev–Trinajstić information content (AvgIpc) is 2.06. The maximum Gasteiger partial charge on any atom is 0.485 e. The van der Waals surface area contributed by atoms with Crippen LogP contribution in [0.5, 0.6) is 0 Å². The quantitative estimate of drug-likeness (QED) is 0.514. The number of nitrogens with one attached hydrogen (secondary N) is 2. The van der Waals surface area contributed by atoms with Gasteiger partial charge in [0.15, 0.2) is 0 Å². The van der Waals surface area contributed by atoms with Gasteiger partial charge in [-0.05, 0) is 24.6 Å². The van der Waals surface area contributed by atoms with E-state index < -0.39 is 12.3 Å². The lowest BCUT2D eigenvalue weighted by Gasteiger charge is -2.11. The largest absolute Gasteiger partial charge is 0.485 e. The third-order valence-electron chi connectivity index (χ3n) is 1.71. The number of urea groups is 1. The van der Waals surface area contributed by atoms with Crippen LogP contribution in [-0.4, -0.2) is 12.3 Å². The molecule has 16 heavy (non-hydrogen) atoms. The molecule has 4 N–H and O–H groups in total. The number of carbonyl (C=O) groups excluding carboxylic acids is 1. The van der Waals surface area contributed by atoms with Gasteiger partial charge < -0.3 is 11.1 Å². The van der Waals surface area contributed by atoms with E-state index in [1.807, 2.05) is 5.32 Å². The molecular weight excluding hydrogens is 223 g/mol. The highest BCUT2D eigenvalue weighted by Crippen LogP contribution is 2.19. The third kappa shape index (κ3) is 3.68. The van der Waals surface area contributed by atoms with Crippen LogP contribution in [-0.2, 0) is 0 Å².